The minimum absolute atomic E-state index is 0.0477. The quantitative estimate of drug-likeness (QED) is 0.468. The number of carbonyl (C=O) groups is 1. The van der Waals surface area contributed by atoms with Crippen LogP contribution < -0.4 is 10.0 Å². The molecule has 0 aliphatic rings. The van der Waals surface area contributed by atoms with E-state index in [1.807, 2.05) is 19.1 Å². The van der Waals surface area contributed by atoms with Crippen LogP contribution in [0.5, 0.6) is 0 Å². The number of amides is 1. The molecule has 168 valence electrons. The van der Waals surface area contributed by atoms with Crippen LogP contribution in [0.25, 0.3) is 0 Å². The zero-order valence-electron chi connectivity index (χ0n) is 18.5. The van der Waals surface area contributed by atoms with Gasteiger partial charge in [0.15, 0.2) is 0 Å². The first-order valence-electron chi connectivity index (χ1n) is 10.3. The first-order valence-corrected chi connectivity index (χ1v) is 12.1. The highest BCUT2D eigenvalue weighted by molar-refractivity contribution is 7.92. The number of sulfonamides is 1. The van der Waals surface area contributed by atoms with Crippen LogP contribution in [-0.4, -0.2) is 14.3 Å². The van der Waals surface area contributed by atoms with Crippen molar-refractivity contribution in [2.24, 2.45) is 0 Å². The van der Waals surface area contributed by atoms with Gasteiger partial charge in [0, 0.05) is 5.69 Å². The zero-order chi connectivity index (χ0) is 23.5. The number of hydrogen-bond donors (Lipinski definition) is 2. The normalized spacial score (nSPS) is 12.8. The van der Waals surface area contributed by atoms with Crippen molar-refractivity contribution >= 4 is 33.2 Å². The van der Waals surface area contributed by atoms with Gasteiger partial charge in [-0.2, -0.15) is 0 Å². The Labute approximate surface area is 194 Å². The van der Waals surface area contributed by atoms with Gasteiger partial charge in [-0.25, -0.2) is 8.42 Å². The van der Waals surface area contributed by atoms with Crippen molar-refractivity contribution in [3.05, 3.63) is 94.5 Å². The van der Waals surface area contributed by atoms with E-state index in [9.17, 15) is 13.2 Å². The average molecular weight is 471 g/mol. The first kappa shape index (κ1) is 23.8. The second-order valence-corrected chi connectivity index (χ2v) is 10.8. The largest absolute Gasteiger partial charge is 0.345 e. The zero-order valence-corrected chi connectivity index (χ0v) is 20.1. The Morgan fingerprint density at radius 2 is 1.56 bits per heavy atom. The second kappa shape index (κ2) is 9.35. The molecule has 0 radical (unpaired) electrons. The summed E-state index contributed by atoms with van der Waals surface area (Å²) in [5.74, 6) is -0.386. The monoisotopic (exact) mass is 470 g/mol. The molecule has 0 aliphatic heterocycles. The van der Waals surface area contributed by atoms with Crippen molar-refractivity contribution in [3.8, 4) is 0 Å². The maximum atomic E-state index is 12.9. The molecule has 5 nitrogen and oxygen atoms in total. The molecule has 3 aromatic rings. The number of anilines is 1. The lowest BCUT2D eigenvalue weighted by Gasteiger charge is -2.21. The van der Waals surface area contributed by atoms with Gasteiger partial charge in [0.1, 0.15) is 0 Å². The van der Waals surface area contributed by atoms with E-state index in [0.29, 0.717) is 0 Å². The Kier molecular flexibility index (Phi) is 6.96. The highest BCUT2D eigenvalue weighted by atomic mass is 35.5. The third kappa shape index (κ3) is 5.69. The van der Waals surface area contributed by atoms with Crippen LogP contribution in [0.3, 0.4) is 0 Å². The lowest BCUT2D eigenvalue weighted by molar-refractivity contribution is 0.0940. The van der Waals surface area contributed by atoms with Crippen LogP contribution in [0.15, 0.2) is 77.7 Å². The fourth-order valence-electron chi connectivity index (χ4n) is 3.21. The maximum Gasteiger partial charge on any atom is 0.261 e. The Hall–Kier alpha value is -2.83. The molecule has 7 heteroatoms. The molecule has 0 aliphatic carbocycles. The van der Waals surface area contributed by atoms with Crippen molar-refractivity contribution in [2.75, 3.05) is 4.72 Å². The minimum atomic E-state index is -3.78. The lowest BCUT2D eigenvalue weighted by Crippen LogP contribution is -2.27. The molecule has 0 unspecified atom stereocenters. The van der Waals surface area contributed by atoms with Crippen molar-refractivity contribution in [2.45, 2.75) is 44.0 Å². The van der Waals surface area contributed by atoms with Crippen LogP contribution >= 0.6 is 11.6 Å². The van der Waals surface area contributed by atoms with E-state index in [1.165, 1.54) is 35.9 Å². The van der Waals surface area contributed by atoms with Crippen LogP contribution in [0.2, 0.25) is 5.02 Å². The topological polar surface area (TPSA) is 75.3 Å². The van der Waals surface area contributed by atoms with Crippen molar-refractivity contribution in [3.63, 3.8) is 0 Å². The van der Waals surface area contributed by atoms with Gasteiger partial charge in [-0.1, -0.05) is 74.8 Å². The molecule has 0 saturated carbocycles. The summed E-state index contributed by atoms with van der Waals surface area (Å²) in [5, 5.41) is 3.17. The molecule has 0 spiro atoms. The van der Waals surface area contributed by atoms with Gasteiger partial charge in [0.2, 0.25) is 0 Å². The lowest BCUT2D eigenvalue weighted by atomic mass is 9.86. The van der Waals surface area contributed by atoms with E-state index < -0.39 is 10.0 Å². The summed E-state index contributed by atoms with van der Waals surface area (Å²) >= 11 is 6.24. The van der Waals surface area contributed by atoms with Gasteiger partial charge < -0.3 is 5.32 Å². The van der Waals surface area contributed by atoms with E-state index in [-0.39, 0.29) is 38.5 Å². The fraction of sp³-hybridized carbons (Fsp3) is 0.240. The Bertz CT molecular complexity index is 1200. The van der Waals surface area contributed by atoms with Crippen LogP contribution in [0.1, 0.15) is 55.2 Å². The first-order chi connectivity index (χ1) is 15.0. The molecular weight excluding hydrogens is 444 g/mol. The summed E-state index contributed by atoms with van der Waals surface area (Å²) in [7, 11) is -3.78. The number of nitrogens with one attached hydrogen (secondary N) is 2. The van der Waals surface area contributed by atoms with E-state index in [4.69, 9.17) is 11.6 Å². The van der Waals surface area contributed by atoms with E-state index in [2.05, 4.69) is 42.9 Å². The molecule has 1 atom stereocenters. The smallest absolute Gasteiger partial charge is 0.261 e. The molecule has 0 fully saturated rings. The highest BCUT2D eigenvalue weighted by Crippen LogP contribution is 2.26. The SMILES string of the molecule is C[C@H](NC(=O)c1cc(NS(=O)(=O)c2ccccc2)ccc1Cl)c1ccc(C(C)(C)C)cc1. The molecule has 0 aromatic heterocycles. The third-order valence-corrected chi connectivity index (χ3v) is 6.87. The van der Waals surface area contributed by atoms with Gasteiger partial charge in [-0.05, 0) is 53.8 Å². The Balaban J connectivity index is 1.77. The van der Waals surface area contributed by atoms with Crippen LogP contribution in [0.4, 0.5) is 5.69 Å². The number of halogens is 1. The summed E-state index contributed by atoms with van der Waals surface area (Å²) in [6, 6.07) is 20.3. The predicted octanol–water partition coefficient (Wildman–Crippen LogP) is 5.93. The van der Waals surface area contributed by atoms with Crippen molar-refractivity contribution in [1.82, 2.24) is 5.32 Å². The average Bonchev–Trinajstić information content (AvgIpc) is 2.75. The van der Waals surface area contributed by atoms with Gasteiger partial charge in [-0.3, -0.25) is 9.52 Å². The molecule has 3 rings (SSSR count). The summed E-state index contributed by atoms with van der Waals surface area (Å²) in [6.45, 7) is 8.33. The number of rotatable bonds is 6. The molecule has 32 heavy (non-hydrogen) atoms. The van der Waals surface area contributed by atoms with Crippen molar-refractivity contribution < 1.29 is 13.2 Å². The summed E-state index contributed by atoms with van der Waals surface area (Å²) in [5.41, 5.74) is 2.67. The molecule has 1 amide bonds. The van der Waals surface area contributed by atoms with Crippen LogP contribution in [0, 0.1) is 0 Å². The second-order valence-electron chi connectivity index (χ2n) is 8.68. The summed E-state index contributed by atoms with van der Waals surface area (Å²) in [4.78, 5) is 13.0. The van der Waals surface area contributed by atoms with Crippen LogP contribution in [-0.2, 0) is 15.4 Å². The molecule has 3 aromatic carbocycles. The molecule has 0 heterocycles. The van der Waals surface area contributed by atoms with Gasteiger partial charge in [0.25, 0.3) is 15.9 Å². The van der Waals surface area contributed by atoms with E-state index in [1.54, 1.807) is 18.2 Å². The minimum Gasteiger partial charge on any atom is -0.345 e. The number of hydrogen-bond acceptors (Lipinski definition) is 3. The fourth-order valence-corrected chi connectivity index (χ4v) is 4.48. The molecular formula is C25H27ClN2O3S. The number of carbonyl (C=O) groups excluding carboxylic acids is 1. The summed E-state index contributed by atoms with van der Waals surface area (Å²) < 4.78 is 27.7. The van der Waals surface area contributed by atoms with E-state index >= 15 is 0 Å². The molecule has 0 bridgehead atoms. The predicted molar refractivity (Wildman–Crippen MR) is 130 cm³/mol. The van der Waals surface area contributed by atoms with E-state index in [0.717, 1.165) is 5.56 Å². The van der Waals surface area contributed by atoms with Gasteiger partial charge in [0.05, 0.1) is 21.5 Å². The molecule has 0 saturated heterocycles. The standard InChI is InChI=1S/C25H27ClN2O3S/c1-17(18-10-12-19(13-11-18)25(2,3)4)27-24(29)22-16-20(14-15-23(22)26)28-32(30,31)21-8-6-5-7-9-21/h5-17,28H,1-4H3,(H,27,29)/t17-/m0/s1. The Morgan fingerprint density at radius 3 is 2.16 bits per heavy atom. The Morgan fingerprint density at radius 1 is 0.938 bits per heavy atom. The third-order valence-electron chi connectivity index (χ3n) is 5.14. The maximum absolute atomic E-state index is 12.9. The summed E-state index contributed by atoms with van der Waals surface area (Å²) in [6.07, 6.45) is 0. The van der Waals surface area contributed by atoms with Gasteiger partial charge in [-0.15, -0.1) is 0 Å². The number of benzene rings is 3. The highest BCUT2D eigenvalue weighted by Gasteiger charge is 2.19. The van der Waals surface area contributed by atoms with Crippen molar-refractivity contribution in [1.29, 1.82) is 0 Å². The van der Waals surface area contributed by atoms with Gasteiger partial charge >= 0.3 is 0 Å². The molecule has 2 N–H and O–H groups in total.